The lowest BCUT2D eigenvalue weighted by atomic mass is 9.73. The van der Waals surface area contributed by atoms with Crippen molar-refractivity contribution in [2.75, 3.05) is 0 Å². The van der Waals surface area contributed by atoms with Crippen LogP contribution in [-0.4, -0.2) is 29.1 Å². The van der Waals surface area contributed by atoms with E-state index in [2.05, 4.69) is 47.5 Å². The summed E-state index contributed by atoms with van der Waals surface area (Å²) >= 11 is 0. The van der Waals surface area contributed by atoms with E-state index in [1.807, 2.05) is 0 Å². The van der Waals surface area contributed by atoms with Crippen molar-refractivity contribution in [1.82, 2.24) is 10.2 Å². The van der Waals surface area contributed by atoms with Gasteiger partial charge in [0.05, 0.1) is 0 Å². The van der Waals surface area contributed by atoms with Crippen LogP contribution < -0.4 is 5.32 Å². The van der Waals surface area contributed by atoms with E-state index in [1.165, 1.54) is 31.2 Å². The minimum absolute atomic E-state index is 0.584. The summed E-state index contributed by atoms with van der Waals surface area (Å²) in [7, 11) is 0. The van der Waals surface area contributed by atoms with E-state index >= 15 is 0 Å². The van der Waals surface area contributed by atoms with Gasteiger partial charge in [-0.3, -0.25) is 4.90 Å². The molecule has 1 aromatic rings. The fourth-order valence-corrected chi connectivity index (χ4v) is 4.63. The Morgan fingerprint density at radius 1 is 1.00 bits per heavy atom. The lowest BCUT2D eigenvalue weighted by Crippen LogP contribution is -2.67. The van der Waals surface area contributed by atoms with Crippen molar-refractivity contribution in [1.29, 1.82) is 0 Å². The summed E-state index contributed by atoms with van der Waals surface area (Å²) in [4.78, 5) is 2.82. The molecule has 0 radical (unpaired) electrons. The van der Waals surface area contributed by atoms with E-state index in [0.717, 1.165) is 24.2 Å². The maximum absolute atomic E-state index is 3.79. The van der Waals surface area contributed by atoms with Crippen LogP contribution in [0.2, 0.25) is 0 Å². The highest BCUT2D eigenvalue weighted by Crippen LogP contribution is 2.43. The van der Waals surface area contributed by atoms with Gasteiger partial charge in [0.15, 0.2) is 0 Å². The molecule has 2 nitrogen and oxygen atoms in total. The normalized spacial score (nSPS) is 40.1. The van der Waals surface area contributed by atoms with E-state index in [0.29, 0.717) is 6.04 Å². The lowest BCUT2D eigenvalue weighted by molar-refractivity contribution is -0.0540. The molecular formula is C16H22N2. The average molecular weight is 242 g/mol. The molecule has 1 N–H and O–H groups in total. The SMILES string of the molecule is CC(c1ccccc1)N1C2CC3CC1CC(C2)N3. The Bertz CT molecular complexity index is 400. The molecule has 0 spiro atoms. The molecule has 4 aliphatic heterocycles. The Balaban J connectivity index is 1.61. The Morgan fingerprint density at radius 3 is 2.11 bits per heavy atom. The van der Waals surface area contributed by atoms with Gasteiger partial charge in [-0.2, -0.15) is 0 Å². The van der Waals surface area contributed by atoms with Crippen molar-refractivity contribution in [2.24, 2.45) is 0 Å². The zero-order valence-corrected chi connectivity index (χ0v) is 11.0. The summed E-state index contributed by atoms with van der Waals surface area (Å²) in [6.45, 7) is 2.39. The van der Waals surface area contributed by atoms with E-state index in [1.54, 1.807) is 0 Å². The van der Waals surface area contributed by atoms with Crippen LogP contribution in [0.25, 0.3) is 0 Å². The van der Waals surface area contributed by atoms with E-state index in [-0.39, 0.29) is 0 Å². The standard InChI is InChI=1S/C16H22N2/c1-11(12-5-3-2-4-6-12)18-15-7-13-8-16(18)10-14(9-15)17-13/h2-6,11,13-17H,7-10H2,1H3. The molecule has 2 heteroatoms. The number of benzene rings is 1. The van der Waals surface area contributed by atoms with Gasteiger partial charge < -0.3 is 5.32 Å². The Labute approximate surface area is 109 Å². The van der Waals surface area contributed by atoms with Crippen LogP contribution in [0.4, 0.5) is 0 Å². The van der Waals surface area contributed by atoms with Crippen molar-refractivity contribution in [2.45, 2.75) is 62.8 Å². The van der Waals surface area contributed by atoms with Crippen LogP contribution in [0.1, 0.15) is 44.2 Å². The van der Waals surface area contributed by atoms with Crippen molar-refractivity contribution in [3.8, 4) is 0 Å². The summed E-state index contributed by atoms with van der Waals surface area (Å²) < 4.78 is 0. The first-order chi connectivity index (χ1) is 8.81. The summed E-state index contributed by atoms with van der Waals surface area (Å²) in [5.41, 5.74) is 1.48. The van der Waals surface area contributed by atoms with Crippen molar-refractivity contribution in [3.05, 3.63) is 35.9 Å². The van der Waals surface area contributed by atoms with Gasteiger partial charge in [0.2, 0.25) is 0 Å². The molecule has 0 aromatic heterocycles. The third kappa shape index (κ3) is 1.63. The molecule has 5 rings (SSSR count). The molecule has 0 amide bonds. The van der Waals surface area contributed by atoms with Crippen molar-refractivity contribution < 1.29 is 0 Å². The van der Waals surface area contributed by atoms with Crippen LogP contribution in [0.15, 0.2) is 30.3 Å². The highest BCUT2D eigenvalue weighted by molar-refractivity contribution is 5.20. The summed E-state index contributed by atoms with van der Waals surface area (Å²) in [6, 6.07) is 14.9. The number of nitrogens with zero attached hydrogens (tertiary/aromatic N) is 1. The van der Waals surface area contributed by atoms with Gasteiger partial charge in [-0.15, -0.1) is 0 Å². The smallest absolute Gasteiger partial charge is 0.0325 e. The van der Waals surface area contributed by atoms with Crippen molar-refractivity contribution in [3.63, 3.8) is 0 Å². The van der Waals surface area contributed by atoms with Crippen LogP contribution in [0, 0.1) is 0 Å². The highest BCUT2D eigenvalue weighted by atomic mass is 15.3. The van der Waals surface area contributed by atoms with Crippen LogP contribution in [0.5, 0.6) is 0 Å². The number of rotatable bonds is 2. The lowest BCUT2D eigenvalue weighted by Gasteiger charge is -2.58. The monoisotopic (exact) mass is 242 g/mol. The van der Waals surface area contributed by atoms with Gasteiger partial charge in [-0.05, 0) is 38.2 Å². The average Bonchev–Trinajstić information content (AvgIpc) is 2.38. The van der Waals surface area contributed by atoms with Crippen LogP contribution >= 0.6 is 0 Å². The molecule has 1 unspecified atom stereocenters. The Morgan fingerprint density at radius 2 is 1.56 bits per heavy atom. The van der Waals surface area contributed by atoms with Gasteiger partial charge in [-0.25, -0.2) is 0 Å². The highest BCUT2D eigenvalue weighted by Gasteiger charge is 2.48. The molecular weight excluding hydrogens is 220 g/mol. The second kappa shape index (κ2) is 4.07. The van der Waals surface area contributed by atoms with E-state index < -0.39 is 0 Å². The fourth-order valence-electron chi connectivity index (χ4n) is 4.63. The third-order valence-electron chi connectivity index (χ3n) is 5.27. The second-order valence-electron chi connectivity index (χ2n) is 6.34. The van der Waals surface area contributed by atoms with Gasteiger partial charge in [0, 0.05) is 30.2 Å². The zero-order valence-electron chi connectivity index (χ0n) is 11.0. The number of hydrogen-bond acceptors (Lipinski definition) is 2. The van der Waals surface area contributed by atoms with E-state index in [4.69, 9.17) is 0 Å². The molecule has 96 valence electrons. The third-order valence-corrected chi connectivity index (χ3v) is 5.27. The zero-order chi connectivity index (χ0) is 12.1. The quantitative estimate of drug-likeness (QED) is 0.858. The van der Waals surface area contributed by atoms with Gasteiger partial charge in [-0.1, -0.05) is 30.3 Å². The van der Waals surface area contributed by atoms with Gasteiger partial charge >= 0.3 is 0 Å². The number of hydrogen-bond donors (Lipinski definition) is 1. The summed E-state index contributed by atoms with van der Waals surface area (Å²) in [6.07, 6.45) is 5.46. The largest absolute Gasteiger partial charge is 0.311 e. The molecule has 0 saturated carbocycles. The molecule has 4 heterocycles. The Kier molecular flexibility index (Phi) is 2.49. The topological polar surface area (TPSA) is 15.3 Å². The van der Waals surface area contributed by atoms with Gasteiger partial charge in [0.25, 0.3) is 0 Å². The van der Waals surface area contributed by atoms with Crippen LogP contribution in [0.3, 0.4) is 0 Å². The molecule has 4 aliphatic rings. The second-order valence-corrected chi connectivity index (χ2v) is 6.34. The first-order valence-corrected chi connectivity index (χ1v) is 7.39. The predicted octanol–water partition coefficient (Wildman–Crippen LogP) is 2.71. The maximum atomic E-state index is 3.79. The molecule has 1 atom stereocenters. The minimum Gasteiger partial charge on any atom is -0.311 e. The molecule has 0 aliphatic carbocycles. The van der Waals surface area contributed by atoms with Crippen molar-refractivity contribution >= 4 is 0 Å². The molecule has 4 saturated heterocycles. The molecule has 18 heavy (non-hydrogen) atoms. The van der Waals surface area contributed by atoms with Gasteiger partial charge in [0.1, 0.15) is 0 Å². The number of nitrogens with one attached hydrogen (secondary N) is 1. The molecule has 4 bridgehead atoms. The molecule has 1 aromatic carbocycles. The van der Waals surface area contributed by atoms with E-state index in [9.17, 15) is 0 Å². The summed E-state index contributed by atoms with van der Waals surface area (Å²) in [5, 5.41) is 3.79. The Hall–Kier alpha value is -0.860. The number of piperidine rings is 4. The van der Waals surface area contributed by atoms with Crippen LogP contribution in [-0.2, 0) is 0 Å². The minimum atomic E-state index is 0.584. The first kappa shape index (κ1) is 11.0. The fraction of sp³-hybridized carbons (Fsp3) is 0.625. The first-order valence-electron chi connectivity index (χ1n) is 7.39. The predicted molar refractivity (Wildman–Crippen MR) is 73.5 cm³/mol. The maximum Gasteiger partial charge on any atom is 0.0325 e. The summed E-state index contributed by atoms with van der Waals surface area (Å²) in [5.74, 6) is 0. The molecule has 4 fully saturated rings.